The fraction of sp³-hybridized carbons (Fsp3) is 0. The van der Waals surface area contributed by atoms with Crippen LogP contribution < -0.4 is 0 Å². The molecule has 3 aromatic rings. The van der Waals surface area contributed by atoms with Crippen LogP contribution in [0.3, 0.4) is 0 Å². The molecule has 82 valence electrons. The van der Waals surface area contributed by atoms with Crippen molar-refractivity contribution in [3.63, 3.8) is 0 Å². The molecule has 0 unspecified atom stereocenters. The summed E-state index contributed by atoms with van der Waals surface area (Å²) in [5, 5.41) is 3.09. The first-order chi connectivity index (χ1) is 8.34. The molecule has 0 atom stereocenters. The van der Waals surface area contributed by atoms with E-state index < -0.39 is 0 Å². The molecule has 0 aliphatic carbocycles. The lowest BCUT2D eigenvalue weighted by molar-refractivity contribution is 1.64. The summed E-state index contributed by atoms with van der Waals surface area (Å²) in [5.74, 6) is 0. The maximum absolute atomic E-state index is 6.16. The Kier molecular flexibility index (Phi) is 2.58. The molecule has 17 heavy (non-hydrogen) atoms. The van der Waals surface area contributed by atoms with Crippen LogP contribution in [0.2, 0.25) is 5.02 Å². The Balaban J connectivity index is 2.21. The number of fused-ring (bicyclic) bond motifs is 1. The number of rotatable bonds is 1. The molecule has 0 aliphatic rings. The van der Waals surface area contributed by atoms with Gasteiger partial charge in [0.05, 0.1) is 0 Å². The standard InChI is InChI=1S/C16H11Cl/c17-16-8-4-7-14-11-13(9-10-15(14)16)12-5-2-1-3-6-12/h1-11H. The molecule has 0 radical (unpaired) electrons. The Bertz CT molecular complexity index is 657. The van der Waals surface area contributed by atoms with Crippen molar-refractivity contribution in [2.45, 2.75) is 0 Å². The summed E-state index contributed by atoms with van der Waals surface area (Å²) in [4.78, 5) is 0. The first-order valence-corrected chi connectivity index (χ1v) is 5.96. The van der Waals surface area contributed by atoms with Gasteiger partial charge >= 0.3 is 0 Å². The van der Waals surface area contributed by atoms with Crippen molar-refractivity contribution < 1.29 is 0 Å². The van der Waals surface area contributed by atoms with Crippen molar-refractivity contribution >= 4 is 22.4 Å². The van der Waals surface area contributed by atoms with Gasteiger partial charge in [-0.15, -0.1) is 0 Å². The van der Waals surface area contributed by atoms with Crippen LogP contribution in [-0.4, -0.2) is 0 Å². The van der Waals surface area contributed by atoms with Gasteiger partial charge in [-0.1, -0.05) is 66.2 Å². The van der Waals surface area contributed by atoms with Gasteiger partial charge in [0, 0.05) is 10.4 Å². The van der Waals surface area contributed by atoms with E-state index in [2.05, 4.69) is 48.5 Å². The van der Waals surface area contributed by atoms with Crippen molar-refractivity contribution in [3.05, 3.63) is 71.8 Å². The van der Waals surface area contributed by atoms with Crippen LogP contribution >= 0.6 is 11.6 Å². The smallest absolute Gasteiger partial charge is 0.0484 e. The first kappa shape index (κ1) is 10.4. The summed E-state index contributed by atoms with van der Waals surface area (Å²) in [7, 11) is 0. The fourth-order valence-electron chi connectivity index (χ4n) is 2.05. The zero-order valence-corrected chi connectivity index (χ0v) is 9.98. The van der Waals surface area contributed by atoms with Crippen LogP contribution in [0.1, 0.15) is 0 Å². The zero-order valence-electron chi connectivity index (χ0n) is 9.23. The van der Waals surface area contributed by atoms with E-state index in [0.717, 1.165) is 10.4 Å². The number of hydrogen-bond donors (Lipinski definition) is 0. The molecule has 3 rings (SSSR count). The van der Waals surface area contributed by atoms with Gasteiger partial charge in [0.25, 0.3) is 0 Å². The third-order valence-electron chi connectivity index (χ3n) is 2.93. The van der Waals surface area contributed by atoms with Crippen molar-refractivity contribution in [2.24, 2.45) is 0 Å². The van der Waals surface area contributed by atoms with Crippen LogP contribution in [0.5, 0.6) is 0 Å². The molecule has 3 aromatic carbocycles. The molecule has 0 amide bonds. The van der Waals surface area contributed by atoms with Crippen LogP contribution in [-0.2, 0) is 0 Å². The Labute approximate surface area is 105 Å². The molecule has 0 saturated carbocycles. The minimum atomic E-state index is 0.808. The van der Waals surface area contributed by atoms with Gasteiger partial charge in [0.2, 0.25) is 0 Å². The largest absolute Gasteiger partial charge is 0.0837 e. The van der Waals surface area contributed by atoms with Gasteiger partial charge < -0.3 is 0 Å². The fourth-order valence-corrected chi connectivity index (χ4v) is 2.30. The van der Waals surface area contributed by atoms with Crippen LogP contribution in [0.4, 0.5) is 0 Å². The van der Waals surface area contributed by atoms with Crippen LogP contribution in [0.25, 0.3) is 21.9 Å². The SMILES string of the molecule is Clc1cccc2cc(-c3ccccc3)ccc12. The maximum atomic E-state index is 6.16. The summed E-state index contributed by atoms with van der Waals surface area (Å²) < 4.78 is 0. The van der Waals surface area contributed by atoms with E-state index in [9.17, 15) is 0 Å². The molecule has 0 saturated heterocycles. The van der Waals surface area contributed by atoms with Gasteiger partial charge in [0.15, 0.2) is 0 Å². The van der Waals surface area contributed by atoms with E-state index >= 15 is 0 Å². The van der Waals surface area contributed by atoms with E-state index in [1.807, 2.05) is 18.2 Å². The lowest BCUT2D eigenvalue weighted by Crippen LogP contribution is -1.79. The molecule has 0 spiro atoms. The second kappa shape index (κ2) is 4.23. The minimum absolute atomic E-state index is 0.808. The second-order valence-corrected chi connectivity index (χ2v) is 4.45. The summed E-state index contributed by atoms with van der Waals surface area (Å²) in [6.45, 7) is 0. The van der Waals surface area contributed by atoms with E-state index in [1.54, 1.807) is 0 Å². The molecular formula is C16H11Cl. The lowest BCUT2D eigenvalue weighted by atomic mass is 10.0. The minimum Gasteiger partial charge on any atom is -0.0837 e. The van der Waals surface area contributed by atoms with Crippen LogP contribution in [0, 0.1) is 0 Å². The van der Waals surface area contributed by atoms with E-state index in [1.165, 1.54) is 16.5 Å². The normalized spacial score (nSPS) is 10.6. The highest BCUT2D eigenvalue weighted by Crippen LogP contribution is 2.28. The summed E-state index contributed by atoms with van der Waals surface area (Å²) in [5.41, 5.74) is 2.45. The molecule has 0 nitrogen and oxygen atoms in total. The van der Waals surface area contributed by atoms with Crippen LogP contribution in [0.15, 0.2) is 66.7 Å². The first-order valence-electron chi connectivity index (χ1n) is 5.58. The van der Waals surface area contributed by atoms with Gasteiger partial charge in [-0.25, -0.2) is 0 Å². The Hall–Kier alpha value is -1.79. The van der Waals surface area contributed by atoms with Crippen molar-refractivity contribution in [2.75, 3.05) is 0 Å². The number of hydrogen-bond acceptors (Lipinski definition) is 0. The molecule has 0 fully saturated rings. The monoisotopic (exact) mass is 238 g/mol. The quantitative estimate of drug-likeness (QED) is 0.549. The number of benzene rings is 3. The highest BCUT2D eigenvalue weighted by molar-refractivity contribution is 6.35. The molecule has 1 heteroatoms. The average molecular weight is 239 g/mol. The predicted molar refractivity (Wildman–Crippen MR) is 74.4 cm³/mol. The second-order valence-electron chi connectivity index (χ2n) is 4.04. The maximum Gasteiger partial charge on any atom is 0.0484 e. The predicted octanol–water partition coefficient (Wildman–Crippen LogP) is 5.16. The average Bonchev–Trinajstić information content (AvgIpc) is 2.40. The summed E-state index contributed by atoms with van der Waals surface area (Å²) in [6, 6.07) is 22.7. The summed E-state index contributed by atoms with van der Waals surface area (Å²) in [6.07, 6.45) is 0. The topological polar surface area (TPSA) is 0 Å². The Morgan fingerprint density at radius 1 is 0.647 bits per heavy atom. The Morgan fingerprint density at radius 2 is 1.47 bits per heavy atom. The van der Waals surface area contributed by atoms with E-state index in [-0.39, 0.29) is 0 Å². The summed E-state index contributed by atoms with van der Waals surface area (Å²) >= 11 is 6.16. The zero-order chi connectivity index (χ0) is 11.7. The third-order valence-corrected chi connectivity index (χ3v) is 3.26. The lowest BCUT2D eigenvalue weighted by Gasteiger charge is -2.05. The van der Waals surface area contributed by atoms with E-state index in [4.69, 9.17) is 11.6 Å². The van der Waals surface area contributed by atoms with Gasteiger partial charge in [-0.05, 0) is 28.6 Å². The van der Waals surface area contributed by atoms with Gasteiger partial charge in [-0.2, -0.15) is 0 Å². The highest BCUT2D eigenvalue weighted by Gasteiger charge is 2.01. The Morgan fingerprint density at radius 3 is 2.29 bits per heavy atom. The molecular weight excluding hydrogens is 228 g/mol. The van der Waals surface area contributed by atoms with Gasteiger partial charge in [0.1, 0.15) is 0 Å². The molecule has 0 bridgehead atoms. The molecule has 0 aliphatic heterocycles. The van der Waals surface area contributed by atoms with Crippen molar-refractivity contribution in [3.8, 4) is 11.1 Å². The molecule has 0 N–H and O–H groups in total. The molecule has 0 aromatic heterocycles. The van der Waals surface area contributed by atoms with E-state index in [0.29, 0.717) is 0 Å². The van der Waals surface area contributed by atoms with Crippen molar-refractivity contribution in [1.82, 2.24) is 0 Å². The van der Waals surface area contributed by atoms with Gasteiger partial charge in [-0.3, -0.25) is 0 Å². The number of halogens is 1. The van der Waals surface area contributed by atoms with Crippen molar-refractivity contribution in [1.29, 1.82) is 0 Å². The third kappa shape index (κ3) is 1.92. The molecule has 0 heterocycles. The highest BCUT2D eigenvalue weighted by atomic mass is 35.5.